The van der Waals surface area contributed by atoms with Crippen LogP contribution in [0.25, 0.3) is 11.0 Å². The SMILES string of the molecule is N#Cc1c2n(c3c(N4CCN(CCc5ccncc5)CC4)ncnc13)CCCCC2. The van der Waals surface area contributed by atoms with Crippen molar-refractivity contribution in [2.75, 3.05) is 37.6 Å². The maximum absolute atomic E-state index is 9.81. The number of hydrogen-bond donors (Lipinski definition) is 0. The molecule has 0 radical (unpaired) electrons. The highest BCUT2D eigenvalue weighted by atomic mass is 15.3. The number of anilines is 1. The molecule has 7 nitrogen and oxygen atoms in total. The molecule has 0 N–H and O–H groups in total. The number of hydrogen-bond acceptors (Lipinski definition) is 6. The van der Waals surface area contributed by atoms with Crippen LogP contribution in [-0.4, -0.2) is 57.1 Å². The maximum Gasteiger partial charge on any atom is 0.156 e. The van der Waals surface area contributed by atoms with E-state index < -0.39 is 0 Å². The fourth-order valence-corrected chi connectivity index (χ4v) is 4.82. The van der Waals surface area contributed by atoms with Crippen molar-refractivity contribution in [2.45, 2.75) is 38.6 Å². The molecule has 5 heterocycles. The van der Waals surface area contributed by atoms with Gasteiger partial charge in [-0.1, -0.05) is 6.42 Å². The van der Waals surface area contributed by atoms with Gasteiger partial charge >= 0.3 is 0 Å². The van der Waals surface area contributed by atoms with Gasteiger partial charge in [-0.05, 0) is 43.4 Å². The van der Waals surface area contributed by atoms with Crippen LogP contribution in [0, 0.1) is 11.3 Å². The summed E-state index contributed by atoms with van der Waals surface area (Å²) in [5.74, 6) is 0.999. The quantitative estimate of drug-likeness (QED) is 0.669. The van der Waals surface area contributed by atoms with E-state index in [0.717, 1.165) is 93.1 Å². The van der Waals surface area contributed by atoms with Crippen LogP contribution in [0.15, 0.2) is 30.9 Å². The molecule has 0 spiro atoms. The van der Waals surface area contributed by atoms with Crippen molar-refractivity contribution in [3.8, 4) is 6.07 Å². The lowest BCUT2D eigenvalue weighted by molar-refractivity contribution is 0.260. The van der Waals surface area contributed by atoms with Crippen LogP contribution in [0.5, 0.6) is 0 Å². The Kier molecular flexibility index (Phi) is 5.33. The molecule has 0 atom stereocenters. The molecule has 0 aliphatic carbocycles. The summed E-state index contributed by atoms with van der Waals surface area (Å²) in [5, 5.41) is 9.81. The van der Waals surface area contributed by atoms with Crippen LogP contribution in [0.4, 0.5) is 5.82 Å². The Hall–Kier alpha value is -2.98. The van der Waals surface area contributed by atoms with E-state index in [2.05, 4.69) is 42.5 Å². The lowest BCUT2D eigenvalue weighted by atomic mass is 10.1. The number of piperazine rings is 1. The largest absolute Gasteiger partial charge is 0.352 e. The predicted molar refractivity (Wildman–Crippen MR) is 116 cm³/mol. The minimum absolute atomic E-state index is 0.756. The summed E-state index contributed by atoms with van der Waals surface area (Å²) >= 11 is 0. The van der Waals surface area contributed by atoms with Gasteiger partial charge in [0, 0.05) is 57.4 Å². The Bertz CT molecular complexity index is 1060. The zero-order valence-corrected chi connectivity index (χ0v) is 17.3. The molecule has 2 aliphatic heterocycles. The molecule has 2 aliphatic rings. The zero-order valence-electron chi connectivity index (χ0n) is 17.3. The van der Waals surface area contributed by atoms with Crippen LogP contribution in [0.1, 0.15) is 36.1 Å². The Morgan fingerprint density at radius 3 is 2.60 bits per heavy atom. The summed E-state index contributed by atoms with van der Waals surface area (Å²) in [6, 6.07) is 6.63. The number of nitrogens with zero attached hydrogens (tertiary/aromatic N) is 7. The van der Waals surface area contributed by atoms with Crippen LogP contribution in [0.3, 0.4) is 0 Å². The van der Waals surface area contributed by atoms with Crippen molar-refractivity contribution in [3.05, 3.63) is 47.7 Å². The van der Waals surface area contributed by atoms with E-state index in [9.17, 15) is 5.26 Å². The number of aryl methyl sites for hydroxylation is 1. The topological polar surface area (TPSA) is 73.9 Å². The van der Waals surface area contributed by atoms with E-state index in [4.69, 9.17) is 4.98 Å². The van der Waals surface area contributed by atoms with E-state index in [1.54, 1.807) is 6.33 Å². The second kappa shape index (κ2) is 8.41. The molecule has 30 heavy (non-hydrogen) atoms. The standard InChI is InChI=1S/C23H27N7/c24-16-19-20-4-2-1-3-10-30(20)22-21(19)26-17-27-23(22)29-14-12-28(13-15-29)11-7-18-5-8-25-9-6-18/h5-6,8-9,17H,1-4,7,10-15H2. The first-order valence-electron chi connectivity index (χ1n) is 11.0. The van der Waals surface area contributed by atoms with Crippen LogP contribution in [0.2, 0.25) is 0 Å². The molecule has 5 rings (SSSR count). The second-order valence-electron chi connectivity index (χ2n) is 8.22. The first-order chi connectivity index (χ1) is 14.8. The summed E-state index contributed by atoms with van der Waals surface area (Å²) in [5.41, 5.74) is 5.15. The first-order valence-corrected chi connectivity index (χ1v) is 11.0. The van der Waals surface area contributed by atoms with Crippen molar-refractivity contribution in [1.29, 1.82) is 5.26 Å². The normalized spacial score (nSPS) is 17.5. The fourth-order valence-electron chi connectivity index (χ4n) is 4.82. The summed E-state index contributed by atoms with van der Waals surface area (Å²) in [7, 11) is 0. The van der Waals surface area contributed by atoms with Crippen molar-refractivity contribution in [2.24, 2.45) is 0 Å². The monoisotopic (exact) mass is 401 g/mol. The van der Waals surface area contributed by atoms with Gasteiger partial charge in [0.2, 0.25) is 0 Å². The third-order valence-corrected chi connectivity index (χ3v) is 6.47. The molecule has 154 valence electrons. The number of pyridine rings is 1. The Morgan fingerprint density at radius 1 is 0.967 bits per heavy atom. The minimum Gasteiger partial charge on any atom is -0.352 e. The molecule has 3 aromatic rings. The van der Waals surface area contributed by atoms with Crippen LogP contribution >= 0.6 is 0 Å². The molecule has 1 saturated heterocycles. The summed E-state index contributed by atoms with van der Waals surface area (Å²) in [6.07, 6.45) is 10.9. The molecular formula is C23H27N7. The second-order valence-corrected chi connectivity index (χ2v) is 8.22. The Morgan fingerprint density at radius 2 is 1.80 bits per heavy atom. The van der Waals surface area contributed by atoms with Crippen LogP contribution in [-0.2, 0) is 19.4 Å². The highest BCUT2D eigenvalue weighted by Crippen LogP contribution is 2.33. The molecule has 0 saturated carbocycles. The molecule has 3 aromatic heterocycles. The first kappa shape index (κ1) is 19.0. The molecular weight excluding hydrogens is 374 g/mol. The number of rotatable bonds is 4. The van der Waals surface area contributed by atoms with Gasteiger partial charge < -0.3 is 9.47 Å². The predicted octanol–water partition coefficient (Wildman–Crippen LogP) is 2.79. The van der Waals surface area contributed by atoms with E-state index in [-0.39, 0.29) is 0 Å². The van der Waals surface area contributed by atoms with E-state index in [0.29, 0.717) is 0 Å². The number of fused-ring (bicyclic) bond motifs is 3. The van der Waals surface area contributed by atoms with Gasteiger partial charge in [-0.15, -0.1) is 0 Å². The minimum atomic E-state index is 0.756. The van der Waals surface area contributed by atoms with E-state index in [1.165, 1.54) is 12.0 Å². The average Bonchev–Trinajstić information content (AvgIpc) is 2.93. The smallest absolute Gasteiger partial charge is 0.156 e. The molecule has 0 bridgehead atoms. The lowest BCUT2D eigenvalue weighted by Crippen LogP contribution is -2.47. The number of aromatic nitrogens is 4. The lowest BCUT2D eigenvalue weighted by Gasteiger charge is -2.35. The van der Waals surface area contributed by atoms with Crippen molar-refractivity contribution >= 4 is 16.9 Å². The van der Waals surface area contributed by atoms with Gasteiger partial charge in [0.15, 0.2) is 5.82 Å². The molecule has 0 aromatic carbocycles. The van der Waals surface area contributed by atoms with Gasteiger partial charge in [-0.3, -0.25) is 9.88 Å². The third kappa shape index (κ3) is 3.52. The maximum atomic E-state index is 9.81. The Labute approximate surface area is 177 Å². The van der Waals surface area contributed by atoms with Gasteiger partial charge in [-0.25, -0.2) is 9.97 Å². The van der Waals surface area contributed by atoms with Crippen molar-refractivity contribution in [3.63, 3.8) is 0 Å². The molecule has 0 unspecified atom stereocenters. The zero-order chi connectivity index (χ0) is 20.3. The fraction of sp³-hybridized carbons (Fsp3) is 0.478. The highest BCUT2D eigenvalue weighted by Gasteiger charge is 2.26. The highest BCUT2D eigenvalue weighted by molar-refractivity contribution is 5.92. The van der Waals surface area contributed by atoms with Crippen LogP contribution < -0.4 is 4.90 Å². The number of nitriles is 1. The molecule has 7 heteroatoms. The van der Waals surface area contributed by atoms with Gasteiger partial charge in [0.25, 0.3) is 0 Å². The van der Waals surface area contributed by atoms with Gasteiger partial charge in [0.1, 0.15) is 23.4 Å². The summed E-state index contributed by atoms with van der Waals surface area (Å²) in [6.45, 7) is 5.97. The summed E-state index contributed by atoms with van der Waals surface area (Å²) in [4.78, 5) is 18.2. The van der Waals surface area contributed by atoms with Crippen molar-refractivity contribution in [1.82, 2.24) is 24.4 Å². The van der Waals surface area contributed by atoms with Gasteiger partial charge in [-0.2, -0.15) is 5.26 Å². The molecule has 1 fully saturated rings. The summed E-state index contributed by atoms with van der Waals surface area (Å²) < 4.78 is 2.34. The van der Waals surface area contributed by atoms with E-state index >= 15 is 0 Å². The Balaban J connectivity index is 1.36. The third-order valence-electron chi connectivity index (χ3n) is 6.47. The van der Waals surface area contributed by atoms with Crippen molar-refractivity contribution < 1.29 is 0 Å². The average molecular weight is 402 g/mol. The van der Waals surface area contributed by atoms with Gasteiger partial charge in [0.05, 0.1) is 5.56 Å². The van der Waals surface area contributed by atoms with E-state index in [1.807, 2.05) is 12.4 Å². The molecule has 0 amide bonds.